The van der Waals surface area contributed by atoms with E-state index < -0.39 is 0 Å². The minimum absolute atomic E-state index is 0.0985. The van der Waals surface area contributed by atoms with Gasteiger partial charge in [0, 0.05) is 0 Å². The number of hydrogen-bond acceptors (Lipinski definition) is 2. The zero-order valence-corrected chi connectivity index (χ0v) is 9.01. The molecule has 0 aromatic rings. The van der Waals surface area contributed by atoms with Crippen LogP contribution in [0.15, 0.2) is 0 Å². The molecule has 2 heteroatoms. The molecule has 1 atom stereocenters. The van der Waals surface area contributed by atoms with Crippen molar-refractivity contribution in [1.82, 2.24) is 4.90 Å². The first kappa shape index (κ1) is 10.5. The lowest BCUT2D eigenvalue weighted by Gasteiger charge is -2.39. The highest BCUT2D eigenvalue weighted by Gasteiger charge is 2.29. The van der Waals surface area contributed by atoms with Gasteiger partial charge >= 0.3 is 0 Å². The van der Waals surface area contributed by atoms with Crippen LogP contribution in [0.1, 0.15) is 40.0 Å². The van der Waals surface area contributed by atoms with Gasteiger partial charge in [-0.05, 0) is 38.3 Å². The quantitative estimate of drug-likeness (QED) is 0.652. The standard InChI is InChI=1S/C11H20N2/c1-4-11(3)5-7-13(8-6-11)10(2)9-12/h10H,4-8H2,1-3H3. The summed E-state index contributed by atoms with van der Waals surface area (Å²) in [6, 6.07) is 2.40. The first-order valence-electron chi connectivity index (χ1n) is 5.25. The lowest BCUT2D eigenvalue weighted by Crippen LogP contribution is -2.42. The van der Waals surface area contributed by atoms with Gasteiger partial charge in [-0.1, -0.05) is 20.3 Å². The van der Waals surface area contributed by atoms with E-state index in [1.165, 1.54) is 19.3 Å². The van der Waals surface area contributed by atoms with Crippen molar-refractivity contribution < 1.29 is 0 Å². The molecule has 1 aliphatic heterocycles. The molecule has 0 bridgehead atoms. The smallest absolute Gasteiger partial charge is 0.0949 e. The third-order valence-corrected chi connectivity index (χ3v) is 3.59. The van der Waals surface area contributed by atoms with Gasteiger partial charge in [-0.3, -0.25) is 4.90 Å². The Bertz CT molecular complexity index is 197. The molecule has 1 unspecified atom stereocenters. The van der Waals surface area contributed by atoms with Crippen molar-refractivity contribution in [3.05, 3.63) is 0 Å². The fourth-order valence-corrected chi connectivity index (χ4v) is 1.89. The zero-order chi connectivity index (χ0) is 9.90. The Morgan fingerprint density at radius 2 is 2.00 bits per heavy atom. The van der Waals surface area contributed by atoms with Crippen molar-refractivity contribution >= 4 is 0 Å². The predicted octanol–water partition coefficient (Wildman–Crippen LogP) is 2.41. The van der Waals surface area contributed by atoms with Crippen LogP contribution < -0.4 is 0 Å². The van der Waals surface area contributed by atoms with Gasteiger partial charge in [-0.25, -0.2) is 0 Å². The molecule has 1 rings (SSSR count). The van der Waals surface area contributed by atoms with Crippen LogP contribution in [0.3, 0.4) is 0 Å². The minimum atomic E-state index is 0.0985. The van der Waals surface area contributed by atoms with E-state index >= 15 is 0 Å². The summed E-state index contributed by atoms with van der Waals surface area (Å²) in [6.45, 7) is 8.82. The van der Waals surface area contributed by atoms with Gasteiger partial charge in [0.25, 0.3) is 0 Å². The highest BCUT2D eigenvalue weighted by Crippen LogP contribution is 2.34. The van der Waals surface area contributed by atoms with E-state index in [9.17, 15) is 0 Å². The van der Waals surface area contributed by atoms with E-state index in [0.29, 0.717) is 5.41 Å². The van der Waals surface area contributed by atoms with E-state index in [1.807, 2.05) is 6.92 Å². The van der Waals surface area contributed by atoms with E-state index in [4.69, 9.17) is 5.26 Å². The predicted molar refractivity (Wildman–Crippen MR) is 54.3 cm³/mol. The molecular formula is C11H20N2. The molecular weight excluding hydrogens is 160 g/mol. The molecule has 2 nitrogen and oxygen atoms in total. The molecule has 0 saturated carbocycles. The maximum Gasteiger partial charge on any atom is 0.0949 e. The first-order valence-corrected chi connectivity index (χ1v) is 5.25. The van der Waals surface area contributed by atoms with Crippen LogP contribution in [0, 0.1) is 16.7 Å². The van der Waals surface area contributed by atoms with Crippen molar-refractivity contribution in [2.24, 2.45) is 5.41 Å². The van der Waals surface area contributed by atoms with Crippen LogP contribution in [0.4, 0.5) is 0 Å². The van der Waals surface area contributed by atoms with Crippen LogP contribution in [0.25, 0.3) is 0 Å². The molecule has 13 heavy (non-hydrogen) atoms. The monoisotopic (exact) mass is 180 g/mol. The Morgan fingerprint density at radius 3 is 2.38 bits per heavy atom. The molecule has 0 N–H and O–H groups in total. The maximum atomic E-state index is 8.78. The number of piperidine rings is 1. The lowest BCUT2D eigenvalue weighted by atomic mass is 9.78. The van der Waals surface area contributed by atoms with Crippen molar-refractivity contribution in [2.45, 2.75) is 46.1 Å². The average molecular weight is 180 g/mol. The Labute approximate surface area is 81.5 Å². The molecule has 0 aliphatic carbocycles. The van der Waals surface area contributed by atoms with Crippen molar-refractivity contribution in [2.75, 3.05) is 13.1 Å². The summed E-state index contributed by atoms with van der Waals surface area (Å²) in [5, 5.41) is 8.78. The van der Waals surface area contributed by atoms with Crippen LogP contribution in [-0.4, -0.2) is 24.0 Å². The summed E-state index contributed by atoms with van der Waals surface area (Å²) in [4.78, 5) is 2.29. The number of likely N-dealkylation sites (tertiary alicyclic amines) is 1. The number of hydrogen-bond donors (Lipinski definition) is 0. The summed E-state index contributed by atoms with van der Waals surface area (Å²) >= 11 is 0. The molecule has 1 saturated heterocycles. The molecule has 1 aliphatic rings. The largest absolute Gasteiger partial charge is 0.288 e. The second-order valence-corrected chi connectivity index (χ2v) is 4.51. The van der Waals surface area contributed by atoms with Crippen molar-refractivity contribution in [3.8, 4) is 6.07 Å². The van der Waals surface area contributed by atoms with E-state index in [0.717, 1.165) is 13.1 Å². The summed E-state index contributed by atoms with van der Waals surface area (Å²) in [5.41, 5.74) is 0.533. The lowest BCUT2D eigenvalue weighted by molar-refractivity contribution is 0.102. The van der Waals surface area contributed by atoms with Gasteiger partial charge in [0.1, 0.15) is 0 Å². The van der Waals surface area contributed by atoms with E-state index in [2.05, 4.69) is 24.8 Å². The molecule has 0 amide bonds. The average Bonchev–Trinajstić information content (AvgIpc) is 2.18. The Morgan fingerprint density at radius 1 is 1.46 bits per heavy atom. The molecule has 1 heterocycles. The van der Waals surface area contributed by atoms with Gasteiger partial charge in [0.05, 0.1) is 12.1 Å². The molecule has 74 valence electrons. The highest BCUT2D eigenvalue weighted by molar-refractivity contribution is 4.92. The van der Waals surface area contributed by atoms with Crippen LogP contribution in [0.2, 0.25) is 0 Å². The van der Waals surface area contributed by atoms with E-state index in [-0.39, 0.29) is 6.04 Å². The minimum Gasteiger partial charge on any atom is -0.288 e. The van der Waals surface area contributed by atoms with Crippen molar-refractivity contribution in [3.63, 3.8) is 0 Å². The van der Waals surface area contributed by atoms with Gasteiger partial charge < -0.3 is 0 Å². The molecule has 0 radical (unpaired) electrons. The van der Waals surface area contributed by atoms with Crippen LogP contribution >= 0.6 is 0 Å². The van der Waals surface area contributed by atoms with Crippen molar-refractivity contribution in [1.29, 1.82) is 5.26 Å². The Kier molecular flexibility index (Phi) is 3.33. The first-order chi connectivity index (χ1) is 6.11. The zero-order valence-electron chi connectivity index (χ0n) is 9.01. The van der Waals surface area contributed by atoms with Gasteiger partial charge in [-0.15, -0.1) is 0 Å². The molecule has 0 aromatic heterocycles. The Balaban J connectivity index is 2.44. The second-order valence-electron chi connectivity index (χ2n) is 4.51. The van der Waals surface area contributed by atoms with Gasteiger partial charge in [-0.2, -0.15) is 5.26 Å². The summed E-state index contributed by atoms with van der Waals surface area (Å²) in [6.07, 6.45) is 3.76. The summed E-state index contributed by atoms with van der Waals surface area (Å²) in [7, 11) is 0. The third kappa shape index (κ3) is 2.45. The number of nitriles is 1. The van der Waals surface area contributed by atoms with E-state index in [1.54, 1.807) is 0 Å². The maximum absolute atomic E-state index is 8.78. The normalized spacial score (nSPS) is 25.1. The molecule has 0 spiro atoms. The fourth-order valence-electron chi connectivity index (χ4n) is 1.89. The number of rotatable bonds is 2. The highest BCUT2D eigenvalue weighted by atomic mass is 15.2. The second kappa shape index (κ2) is 4.11. The Hall–Kier alpha value is -0.550. The molecule has 0 aromatic carbocycles. The third-order valence-electron chi connectivity index (χ3n) is 3.59. The topological polar surface area (TPSA) is 27.0 Å². The van der Waals surface area contributed by atoms with Gasteiger partial charge in [0.2, 0.25) is 0 Å². The summed E-state index contributed by atoms with van der Waals surface area (Å²) < 4.78 is 0. The summed E-state index contributed by atoms with van der Waals surface area (Å²) in [5.74, 6) is 0. The van der Waals surface area contributed by atoms with Gasteiger partial charge in [0.15, 0.2) is 0 Å². The fraction of sp³-hybridized carbons (Fsp3) is 0.909. The van der Waals surface area contributed by atoms with Crippen LogP contribution in [-0.2, 0) is 0 Å². The van der Waals surface area contributed by atoms with Crippen LogP contribution in [0.5, 0.6) is 0 Å². The SMILES string of the molecule is CCC1(C)CCN(C(C)C#N)CC1. The number of nitrogens with zero attached hydrogens (tertiary/aromatic N) is 2. The molecule has 1 fully saturated rings.